The van der Waals surface area contributed by atoms with Crippen LogP contribution in [0, 0.1) is 6.92 Å². The molecule has 0 saturated heterocycles. The van der Waals surface area contributed by atoms with Gasteiger partial charge in [-0.2, -0.15) is 5.10 Å². The Morgan fingerprint density at radius 1 is 1.07 bits per heavy atom. The summed E-state index contributed by atoms with van der Waals surface area (Å²) in [6.07, 6.45) is 6.08. The Hall–Kier alpha value is -5.17. The maximum Gasteiger partial charge on any atom is 0.282 e. The summed E-state index contributed by atoms with van der Waals surface area (Å²) >= 11 is 0. The molecule has 0 bridgehead atoms. The number of hydrogen-bond acceptors (Lipinski definition) is 8. The van der Waals surface area contributed by atoms with E-state index in [0.29, 0.717) is 50.9 Å². The van der Waals surface area contributed by atoms with E-state index in [-0.39, 0.29) is 5.56 Å². The summed E-state index contributed by atoms with van der Waals surface area (Å²) in [4.78, 5) is 25.9. The lowest BCUT2D eigenvalue weighted by atomic mass is 10.0. The number of fused-ring (bicyclic) bond motifs is 2. The van der Waals surface area contributed by atoms with Gasteiger partial charge < -0.3 is 15.0 Å². The Labute approximate surface area is 241 Å². The number of sulfonamides is 1. The first kappa shape index (κ1) is 27.0. The standard InChI is InChI=1S/C29H28N8O4S/c1-17-10-11-36-25(17)29(38)37(21-8-6-5-7-9-21)28(34-36)18(2)33-27-24-23(15-30-26(24)31-16-32-27)19-12-20(35-42(4,39)40)14-22(13-19)41-3/h5-16,18,35H,1-4H3,(H2,30,31,32,33). The van der Waals surface area contributed by atoms with Crippen molar-refractivity contribution in [1.82, 2.24) is 29.1 Å². The second kappa shape index (κ2) is 10.3. The topological polar surface area (TPSA) is 148 Å². The number of aryl methyl sites for hydroxylation is 1. The van der Waals surface area contributed by atoms with Crippen LogP contribution in [-0.2, 0) is 10.0 Å². The lowest BCUT2D eigenvalue weighted by Crippen LogP contribution is -2.29. The van der Waals surface area contributed by atoms with Gasteiger partial charge in [0.1, 0.15) is 29.1 Å². The monoisotopic (exact) mass is 584 g/mol. The van der Waals surface area contributed by atoms with Crippen LogP contribution < -0.4 is 20.3 Å². The van der Waals surface area contributed by atoms with Crippen LogP contribution in [0.3, 0.4) is 0 Å². The molecule has 0 amide bonds. The number of nitrogens with one attached hydrogen (secondary N) is 3. The molecule has 2 aromatic carbocycles. The number of H-pyrrole nitrogens is 1. The van der Waals surface area contributed by atoms with Gasteiger partial charge in [0.25, 0.3) is 5.56 Å². The van der Waals surface area contributed by atoms with Crippen LogP contribution >= 0.6 is 0 Å². The molecule has 0 saturated carbocycles. The number of para-hydroxylation sites is 1. The maximum atomic E-state index is 13.8. The number of anilines is 2. The molecular formula is C29H28N8O4S. The molecule has 0 aliphatic carbocycles. The number of aromatic nitrogens is 6. The van der Waals surface area contributed by atoms with Gasteiger partial charge >= 0.3 is 0 Å². The van der Waals surface area contributed by atoms with Gasteiger partial charge in [-0.3, -0.25) is 14.1 Å². The van der Waals surface area contributed by atoms with Crippen molar-refractivity contribution >= 4 is 38.1 Å². The largest absolute Gasteiger partial charge is 0.497 e. The number of ether oxygens (including phenoxy) is 1. The van der Waals surface area contributed by atoms with E-state index in [1.165, 1.54) is 13.4 Å². The third-order valence-electron chi connectivity index (χ3n) is 6.89. The first-order valence-electron chi connectivity index (χ1n) is 13.0. The fourth-order valence-corrected chi connectivity index (χ4v) is 5.60. The van der Waals surface area contributed by atoms with E-state index >= 15 is 0 Å². The molecule has 42 heavy (non-hydrogen) atoms. The molecule has 0 radical (unpaired) electrons. The Balaban J connectivity index is 1.48. The van der Waals surface area contributed by atoms with Crippen LogP contribution in [0.5, 0.6) is 5.75 Å². The van der Waals surface area contributed by atoms with E-state index in [9.17, 15) is 13.2 Å². The van der Waals surface area contributed by atoms with Crippen molar-refractivity contribution in [2.45, 2.75) is 19.9 Å². The molecule has 3 N–H and O–H groups in total. The van der Waals surface area contributed by atoms with Crippen molar-refractivity contribution in [3.8, 4) is 22.6 Å². The molecule has 12 nitrogen and oxygen atoms in total. The number of methoxy groups -OCH3 is 1. The van der Waals surface area contributed by atoms with E-state index in [1.807, 2.05) is 50.2 Å². The van der Waals surface area contributed by atoms with Gasteiger partial charge in [0.15, 0.2) is 5.82 Å². The fourth-order valence-electron chi connectivity index (χ4n) is 5.05. The minimum Gasteiger partial charge on any atom is -0.497 e. The van der Waals surface area contributed by atoms with Crippen molar-refractivity contribution in [2.24, 2.45) is 0 Å². The molecular weight excluding hydrogens is 556 g/mol. The van der Waals surface area contributed by atoms with Gasteiger partial charge in [0, 0.05) is 24.0 Å². The molecule has 6 aromatic rings. The summed E-state index contributed by atoms with van der Waals surface area (Å²) in [5.41, 5.74) is 4.18. The smallest absolute Gasteiger partial charge is 0.282 e. The number of benzene rings is 2. The zero-order valence-corrected chi connectivity index (χ0v) is 24.1. The highest BCUT2D eigenvalue weighted by Gasteiger charge is 2.22. The van der Waals surface area contributed by atoms with E-state index in [2.05, 4.69) is 25.0 Å². The average molecular weight is 585 g/mol. The zero-order chi connectivity index (χ0) is 29.6. The molecule has 0 aliphatic rings. The summed E-state index contributed by atoms with van der Waals surface area (Å²) in [5, 5.41) is 8.94. The van der Waals surface area contributed by atoms with E-state index in [0.717, 1.165) is 17.4 Å². The molecule has 0 spiro atoms. The number of rotatable bonds is 8. The summed E-state index contributed by atoms with van der Waals surface area (Å²) in [6, 6.07) is 15.9. The van der Waals surface area contributed by atoms with Crippen LogP contribution in [-0.4, -0.2) is 50.9 Å². The third kappa shape index (κ3) is 4.94. The Morgan fingerprint density at radius 2 is 1.86 bits per heavy atom. The van der Waals surface area contributed by atoms with Crippen molar-refractivity contribution in [3.05, 3.63) is 95.1 Å². The summed E-state index contributed by atoms with van der Waals surface area (Å²) in [5.74, 6) is 1.46. The maximum absolute atomic E-state index is 13.8. The SMILES string of the molecule is COc1cc(NS(C)(=O)=O)cc(-c2c[nH]c3ncnc(NC(C)c4nn5ccc(C)c5c(=O)n4-c4ccccc4)c23)c1. The second-order valence-electron chi connectivity index (χ2n) is 9.96. The summed E-state index contributed by atoms with van der Waals surface area (Å²) in [6.45, 7) is 3.79. The average Bonchev–Trinajstić information content (AvgIpc) is 3.56. The van der Waals surface area contributed by atoms with Gasteiger partial charge in [-0.15, -0.1) is 0 Å². The Bertz CT molecular complexity index is 2120. The first-order valence-corrected chi connectivity index (χ1v) is 14.9. The molecule has 0 aliphatic heterocycles. The third-order valence-corrected chi connectivity index (χ3v) is 7.50. The number of aromatic amines is 1. The lowest BCUT2D eigenvalue weighted by molar-refractivity contribution is 0.415. The molecule has 1 unspecified atom stereocenters. The van der Waals surface area contributed by atoms with Crippen LogP contribution in [0.15, 0.2) is 78.1 Å². The Morgan fingerprint density at radius 3 is 2.60 bits per heavy atom. The van der Waals surface area contributed by atoms with Gasteiger partial charge in [0.2, 0.25) is 10.0 Å². The van der Waals surface area contributed by atoms with Gasteiger partial charge in [-0.1, -0.05) is 18.2 Å². The minimum atomic E-state index is -3.52. The van der Waals surface area contributed by atoms with Crippen molar-refractivity contribution in [3.63, 3.8) is 0 Å². The first-order chi connectivity index (χ1) is 20.1. The molecule has 4 heterocycles. The summed E-state index contributed by atoms with van der Waals surface area (Å²) < 4.78 is 35.0. The summed E-state index contributed by atoms with van der Waals surface area (Å²) in [7, 11) is -2.00. The lowest BCUT2D eigenvalue weighted by Gasteiger charge is -2.20. The number of nitrogens with zero attached hydrogens (tertiary/aromatic N) is 5. The highest BCUT2D eigenvalue weighted by atomic mass is 32.2. The van der Waals surface area contributed by atoms with E-state index in [1.54, 1.807) is 39.7 Å². The van der Waals surface area contributed by atoms with Crippen LogP contribution in [0.4, 0.5) is 11.5 Å². The predicted molar refractivity (Wildman–Crippen MR) is 162 cm³/mol. The van der Waals surface area contributed by atoms with Gasteiger partial charge in [-0.05, 0) is 55.3 Å². The molecule has 214 valence electrons. The van der Waals surface area contributed by atoms with Crippen molar-refractivity contribution < 1.29 is 13.2 Å². The molecule has 0 fully saturated rings. The van der Waals surface area contributed by atoms with Crippen molar-refractivity contribution in [2.75, 3.05) is 23.4 Å². The predicted octanol–water partition coefficient (Wildman–Crippen LogP) is 4.29. The highest BCUT2D eigenvalue weighted by Crippen LogP contribution is 2.36. The van der Waals surface area contributed by atoms with Crippen LogP contribution in [0.2, 0.25) is 0 Å². The van der Waals surface area contributed by atoms with E-state index < -0.39 is 16.1 Å². The quantitative estimate of drug-likeness (QED) is 0.240. The van der Waals surface area contributed by atoms with Crippen molar-refractivity contribution in [1.29, 1.82) is 0 Å². The van der Waals surface area contributed by atoms with Crippen LogP contribution in [0.1, 0.15) is 24.4 Å². The molecule has 6 rings (SSSR count). The number of hydrogen-bond donors (Lipinski definition) is 3. The highest BCUT2D eigenvalue weighted by molar-refractivity contribution is 7.92. The minimum absolute atomic E-state index is 0.181. The molecule has 13 heteroatoms. The van der Waals surface area contributed by atoms with Crippen LogP contribution in [0.25, 0.3) is 33.4 Å². The van der Waals surface area contributed by atoms with Gasteiger partial charge in [-0.25, -0.2) is 22.9 Å². The van der Waals surface area contributed by atoms with Gasteiger partial charge in [0.05, 0.1) is 36.2 Å². The normalized spacial score (nSPS) is 12.5. The molecule has 1 atom stereocenters. The molecule has 4 aromatic heterocycles. The van der Waals surface area contributed by atoms with E-state index in [4.69, 9.17) is 9.84 Å². The fraction of sp³-hybridized carbons (Fsp3) is 0.172. The second-order valence-corrected chi connectivity index (χ2v) is 11.7. The zero-order valence-electron chi connectivity index (χ0n) is 23.3. The Kier molecular flexibility index (Phi) is 6.65.